The fourth-order valence-corrected chi connectivity index (χ4v) is 3.06. The Hall–Kier alpha value is -1.07. The molecule has 0 aliphatic heterocycles. The smallest absolute Gasteiger partial charge is 0.374 e. The first-order chi connectivity index (χ1) is 8.29. The van der Waals surface area contributed by atoms with E-state index in [0.29, 0.717) is 6.61 Å². The van der Waals surface area contributed by atoms with E-state index in [1.165, 1.54) is 11.3 Å². The first-order valence-electron chi connectivity index (χ1n) is 5.50. The Labute approximate surface area is 108 Å². The molecule has 1 aromatic carbocycles. The monoisotopic (exact) mass is 267 g/mol. The Morgan fingerprint density at radius 2 is 2.29 bits per heavy atom. The van der Waals surface area contributed by atoms with Crippen molar-refractivity contribution in [2.45, 2.75) is 24.1 Å². The molecule has 0 unspecified atom stereocenters. The average molecular weight is 267 g/mol. The van der Waals surface area contributed by atoms with Crippen LogP contribution in [-0.2, 0) is 4.74 Å². The maximum atomic E-state index is 11.5. The molecule has 1 heterocycles. The van der Waals surface area contributed by atoms with Gasteiger partial charge in [0.25, 0.3) is 0 Å². The number of benzene rings is 1. The number of hydrogen-bond donors (Lipinski definition) is 0. The van der Waals surface area contributed by atoms with Crippen molar-refractivity contribution in [2.24, 2.45) is 0 Å². The highest BCUT2D eigenvalue weighted by Crippen LogP contribution is 2.30. The minimum absolute atomic E-state index is 0.266. The van der Waals surface area contributed by atoms with Gasteiger partial charge < -0.3 is 4.74 Å². The van der Waals surface area contributed by atoms with Gasteiger partial charge in [-0.25, -0.2) is 9.78 Å². The second kappa shape index (κ2) is 6.02. The van der Waals surface area contributed by atoms with Crippen LogP contribution in [0, 0.1) is 0 Å². The predicted molar refractivity (Wildman–Crippen MR) is 71.7 cm³/mol. The number of fused-ring (bicyclic) bond motifs is 1. The van der Waals surface area contributed by atoms with Crippen LogP contribution in [0.5, 0.6) is 0 Å². The Morgan fingerprint density at radius 3 is 3.06 bits per heavy atom. The van der Waals surface area contributed by atoms with Gasteiger partial charge in [0.2, 0.25) is 0 Å². The maximum Gasteiger partial charge on any atom is 0.374 e. The summed E-state index contributed by atoms with van der Waals surface area (Å²) in [5, 5.41) is -0.266. The third-order valence-electron chi connectivity index (χ3n) is 2.16. The molecule has 0 fully saturated rings. The summed E-state index contributed by atoms with van der Waals surface area (Å²) in [5.41, 5.74) is 0.932. The van der Waals surface area contributed by atoms with Crippen LogP contribution in [0.3, 0.4) is 0 Å². The summed E-state index contributed by atoms with van der Waals surface area (Å²) < 4.78 is 6.91. The fraction of sp³-hybridized carbons (Fsp3) is 0.333. The summed E-state index contributed by atoms with van der Waals surface area (Å²) in [5.74, 6) is 0. The molecule has 0 spiro atoms. The molecule has 0 atom stereocenters. The zero-order valence-electron chi connectivity index (χ0n) is 9.51. The standard InChI is InChI=1S/C12H13NO2S2/c1-2-3-8-15-12(14)17-11-13-9-6-4-5-7-10(9)16-11/h4-7H,2-3,8H2,1H3. The van der Waals surface area contributed by atoms with Crippen molar-refractivity contribution in [3.8, 4) is 0 Å². The summed E-state index contributed by atoms with van der Waals surface area (Å²) in [4.78, 5) is 15.8. The van der Waals surface area contributed by atoms with Crippen molar-refractivity contribution in [2.75, 3.05) is 6.61 Å². The quantitative estimate of drug-likeness (QED) is 0.469. The summed E-state index contributed by atoms with van der Waals surface area (Å²) in [6.45, 7) is 2.56. The fourth-order valence-electron chi connectivity index (χ4n) is 1.30. The number of aromatic nitrogens is 1. The molecule has 2 aromatic rings. The van der Waals surface area contributed by atoms with Gasteiger partial charge in [-0.2, -0.15) is 0 Å². The highest BCUT2D eigenvalue weighted by Gasteiger charge is 2.10. The molecule has 3 nitrogen and oxygen atoms in total. The van der Waals surface area contributed by atoms with Crippen LogP contribution in [0.25, 0.3) is 10.2 Å². The van der Waals surface area contributed by atoms with E-state index in [4.69, 9.17) is 4.74 Å². The SMILES string of the molecule is CCCCOC(=O)Sc1nc2ccccc2s1. The second-order valence-corrected chi connectivity index (χ2v) is 5.71. The summed E-state index contributed by atoms with van der Waals surface area (Å²) in [7, 11) is 0. The number of carbonyl (C=O) groups excluding carboxylic acids is 1. The van der Waals surface area contributed by atoms with Gasteiger partial charge in [0, 0.05) is 11.8 Å². The molecule has 90 valence electrons. The molecule has 0 aliphatic carbocycles. The Bertz CT molecular complexity index is 477. The van der Waals surface area contributed by atoms with Crippen molar-refractivity contribution >= 4 is 38.6 Å². The van der Waals surface area contributed by atoms with Crippen LogP contribution in [0.1, 0.15) is 19.8 Å². The molecular formula is C12H13NO2S2. The lowest BCUT2D eigenvalue weighted by Crippen LogP contribution is -1.98. The summed E-state index contributed by atoms with van der Waals surface area (Å²) >= 11 is 2.58. The van der Waals surface area contributed by atoms with E-state index in [-0.39, 0.29) is 5.30 Å². The summed E-state index contributed by atoms with van der Waals surface area (Å²) in [6.07, 6.45) is 1.94. The number of nitrogens with zero attached hydrogens (tertiary/aromatic N) is 1. The van der Waals surface area contributed by atoms with Gasteiger partial charge in [0.15, 0.2) is 4.34 Å². The normalized spacial score (nSPS) is 10.6. The summed E-state index contributed by atoms with van der Waals surface area (Å²) in [6, 6.07) is 7.85. The van der Waals surface area contributed by atoms with Gasteiger partial charge >= 0.3 is 5.30 Å². The van der Waals surface area contributed by atoms with Crippen LogP contribution in [0.2, 0.25) is 0 Å². The third kappa shape index (κ3) is 3.44. The van der Waals surface area contributed by atoms with E-state index in [0.717, 1.165) is 39.2 Å². The molecule has 0 N–H and O–H groups in total. The van der Waals surface area contributed by atoms with Crippen molar-refractivity contribution in [3.05, 3.63) is 24.3 Å². The van der Waals surface area contributed by atoms with Crippen LogP contribution >= 0.6 is 23.1 Å². The van der Waals surface area contributed by atoms with Crippen molar-refractivity contribution < 1.29 is 9.53 Å². The molecule has 0 saturated heterocycles. The van der Waals surface area contributed by atoms with E-state index >= 15 is 0 Å². The number of hydrogen-bond acceptors (Lipinski definition) is 5. The Morgan fingerprint density at radius 1 is 1.47 bits per heavy atom. The molecule has 17 heavy (non-hydrogen) atoms. The molecule has 5 heteroatoms. The van der Waals surface area contributed by atoms with Gasteiger partial charge in [0.05, 0.1) is 16.8 Å². The zero-order valence-corrected chi connectivity index (χ0v) is 11.1. The Kier molecular flexibility index (Phi) is 4.39. The average Bonchev–Trinajstić information content (AvgIpc) is 2.71. The van der Waals surface area contributed by atoms with Gasteiger partial charge in [0.1, 0.15) is 0 Å². The predicted octanol–water partition coefficient (Wildman–Crippen LogP) is 4.33. The van der Waals surface area contributed by atoms with E-state index in [1.54, 1.807) is 0 Å². The van der Waals surface area contributed by atoms with Crippen molar-refractivity contribution in [3.63, 3.8) is 0 Å². The number of ether oxygens (including phenoxy) is 1. The van der Waals surface area contributed by atoms with Crippen molar-refractivity contribution in [1.82, 2.24) is 4.98 Å². The lowest BCUT2D eigenvalue weighted by Gasteiger charge is -2.00. The molecule has 0 aliphatic rings. The van der Waals surface area contributed by atoms with Gasteiger partial charge in [-0.05, 0) is 18.6 Å². The highest BCUT2D eigenvalue weighted by molar-refractivity contribution is 8.14. The van der Waals surface area contributed by atoms with E-state index in [1.807, 2.05) is 24.3 Å². The van der Waals surface area contributed by atoms with E-state index in [2.05, 4.69) is 11.9 Å². The number of para-hydroxylation sites is 1. The van der Waals surface area contributed by atoms with Gasteiger partial charge in [-0.1, -0.05) is 25.5 Å². The largest absolute Gasteiger partial charge is 0.457 e. The minimum Gasteiger partial charge on any atom is -0.457 e. The first-order valence-corrected chi connectivity index (χ1v) is 7.13. The van der Waals surface area contributed by atoms with Crippen molar-refractivity contribution in [1.29, 1.82) is 0 Å². The van der Waals surface area contributed by atoms with Crippen LogP contribution in [0.4, 0.5) is 4.79 Å². The van der Waals surface area contributed by atoms with Crippen LogP contribution in [-0.4, -0.2) is 16.9 Å². The third-order valence-corrected chi connectivity index (χ3v) is 4.04. The number of unbranched alkanes of at least 4 members (excludes halogenated alkanes) is 1. The number of thioether (sulfide) groups is 1. The zero-order chi connectivity index (χ0) is 12.1. The molecular weight excluding hydrogens is 254 g/mol. The number of carbonyl (C=O) groups is 1. The number of rotatable bonds is 4. The first kappa shape index (κ1) is 12.4. The lowest BCUT2D eigenvalue weighted by atomic mass is 10.3. The van der Waals surface area contributed by atoms with Crippen LogP contribution in [0.15, 0.2) is 28.6 Å². The molecule has 0 amide bonds. The maximum absolute atomic E-state index is 11.5. The van der Waals surface area contributed by atoms with Gasteiger partial charge in [-0.15, -0.1) is 11.3 Å². The molecule has 0 bridgehead atoms. The Balaban J connectivity index is 1.96. The molecule has 0 saturated carbocycles. The minimum atomic E-state index is -0.266. The lowest BCUT2D eigenvalue weighted by molar-refractivity contribution is 0.173. The van der Waals surface area contributed by atoms with Crippen LogP contribution < -0.4 is 0 Å². The van der Waals surface area contributed by atoms with Gasteiger partial charge in [-0.3, -0.25) is 0 Å². The van der Waals surface area contributed by atoms with E-state index < -0.39 is 0 Å². The van der Waals surface area contributed by atoms with E-state index in [9.17, 15) is 4.79 Å². The topological polar surface area (TPSA) is 39.2 Å². The number of thiazole rings is 1. The molecule has 0 radical (unpaired) electrons. The highest BCUT2D eigenvalue weighted by atomic mass is 32.2. The second-order valence-electron chi connectivity index (χ2n) is 3.50. The molecule has 1 aromatic heterocycles. The molecule has 2 rings (SSSR count).